The van der Waals surface area contributed by atoms with Crippen LogP contribution in [-0.2, 0) is 7.05 Å². The molecule has 0 bridgehead atoms. The number of para-hydroxylation sites is 1. The van der Waals surface area contributed by atoms with Gasteiger partial charge in [-0.2, -0.15) is 0 Å². The first kappa shape index (κ1) is 11.1. The molecule has 0 aliphatic heterocycles. The van der Waals surface area contributed by atoms with E-state index in [1.807, 2.05) is 13.0 Å². The van der Waals surface area contributed by atoms with Gasteiger partial charge in [-0.15, -0.1) is 0 Å². The number of rotatable bonds is 2. The second-order valence-electron chi connectivity index (χ2n) is 4.62. The van der Waals surface area contributed by atoms with Crippen LogP contribution in [0.25, 0.3) is 11.0 Å². The van der Waals surface area contributed by atoms with Crippen molar-refractivity contribution < 1.29 is 0 Å². The average Bonchev–Trinajstić information content (AvgIpc) is 2.56. The predicted octanol–water partition coefficient (Wildman–Crippen LogP) is 2.33. The van der Waals surface area contributed by atoms with Gasteiger partial charge in [0.25, 0.3) is 0 Å². The number of imidazole rings is 1. The molecule has 3 nitrogen and oxygen atoms in total. The summed E-state index contributed by atoms with van der Waals surface area (Å²) in [6.07, 6.45) is 0. The number of fused-ring (bicyclic) bond motifs is 1. The van der Waals surface area contributed by atoms with Crippen molar-refractivity contribution >= 4 is 11.0 Å². The van der Waals surface area contributed by atoms with E-state index in [1.54, 1.807) is 0 Å². The van der Waals surface area contributed by atoms with Crippen molar-refractivity contribution in [2.75, 3.05) is 0 Å². The summed E-state index contributed by atoms with van der Waals surface area (Å²) in [7, 11) is 2.07. The molecule has 16 heavy (non-hydrogen) atoms. The van der Waals surface area contributed by atoms with Crippen molar-refractivity contribution in [1.29, 1.82) is 0 Å². The van der Waals surface area contributed by atoms with Gasteiger partial charge in [0.15, 0.2) is 0 Å². The zero-order valence-corrected chi connectivity index (χ0v) is 10.4. The molecule has 0 radical (unpaired) electrons. The zero-order valence-electron chi connectivity index (χ0n) is 10.4. The number of nitrogens with zero attached hydrogens (tertiary/aromatic N) is 2. The topological polar surface area (TPSA) is 43.8 Å². The Balaban J connectivity index is 2.65. The van der Waals surface area contributed by atoms with Gasteiger partial charge in [0.05, 0.1) is 11.0 Å². The number of nitrogens with two attached hydrogens (primary N) is 1. The maximum absolute atomic E-state index is 5.94. The zero-order chi connectivity index (χ0) is 11.9. The fraction of sp³-hybridized carbons (Fsp3) is 0.462. The molecule has 2 unspecified atom stereocenters. The molecule has 2 atom stereocenters. The Morgan fingerprint density at radius 3 is 2.56 bits per heavy atom. The van der Waals surface area contributed by atoms with Crippen molar-refractivity contribution in [3.63, 3.8) is 0 Å². The molecular formula is C13H19N3. The summed E-state index contributed by atoms with van der Waals surface area (Å²) in [6, 6.07) is 6.34. The molecule has 1 aromatic heterocycles. The molecule has 0 saturated carbocycles. The third-order valence-corrected chi connectivity index (χ3v) is 3.33. The summed E-state index contributed by atoms with van der Waals surface area (Å²) >= 11 is 0. The molecule has 86 valence electrons. The number of hydrogen-bond donors (Lipinski definition) is 1. The first-order valence-corrected chi connectivity index (χ1v) is 5.70. The lowest BCUT2D eigenvalue weighted by molar-refractivity contribution is 0.565. The highest BCUT2D eigenvalue weighted by molar-refractivity contribution is 5.79. The van der Waals surface area contributed by atoms with Crippen molar-refractivity contribution in [2.24, 2.45) is 12.8 Å². The molecule has 0 aliphatic carbocycles. The molecule has 2 aromatic rings. The quantitative estimate of drug-likeness (QED) is 0.839. The second-order valence-corrected chi connectivity index (χ2v) is 4.62. The van der Waals surface area contributed by atoms with Crippen LogP contribution in [0.5, 0.6) is 0 Å². The number of benzene rings is 1. The monoisotopic (exact) mass is 217 g/mol. The van der Waals surface area contributed by atoms with Gasteiger partial charge < -0.3 is 10.3 Å². The molecule has 2 rings (SSSR count). The average molecular weight is 217 g/mol. The Hall–Kier alpha value is -1.35. The standard InChI is InChI=1S/C13H19N3/c1-8-6-5-7-11-12(8)16(4)13(15-11)9(2)10(3)14/h5-7,9-10H,14H2,1-4H3. The van der Waals surface area contributed by atoms with Crippen molar-refractivity contribution in [1.82, 2.24) is 9.55 Å². The number of hydrogen-bond acceptors (Lipinski definition) is 2. The van der Waals surface area contributed by atoms with E-state index < -0.39 is 0 Å². The van der Waals surface area contributed by atoms with Crippen LogP contribution in [0, 0.1) is 6.92 Å². The summed E-state index contributed by atoms with van der Waals surface area (Å²) in [5.74, 6) is 1.34. The Kier molecular flexibility index (Phi) is 2.72. The van der Waals surface area contributed by atoms with Crippen molar-refractivity contribution in [3.8, 4) is 0 Å². The maximum Gasteiger partial charge on any atom is 0.114 e. The first-order chi connectivity index (χ1) is 7.52. The van der Waals surface area contributed by atoms with Crippen molar-refractivity contribution in [3.05, 3.63) is 29.6 Å². The molecular weight excluding hydrogens is 198 g/mol. The molecule has 1 aromatic carbocycles. The maximum atomic E-state index is 5.94. The molecule has 1 heterocycles. The van der Waals surface area contributed by atoms with E-state index in [9.17, 15) is 0 Å². The minimum atomic E-state index is 0.121. The third kappa shape index (κ3) is 1.61. The van der Waals surface area contributed by atoms with E-state index in [-0.39, 0.29) is 12.0 Å². The van der Waals surface area contributed by atoms with Crippen LogP contribution in [-0.4, -0.2) is 15.6 Å². The third-order valence-electron chi connectivity index (χ3n) is 3.33. The molecule has 0 spiro atoms. The lowest BCUT2D eigenvalue weighted by Crippen LogP contribution is -2.24. The minimum absolute atomic E-state index is 0.121. The smallest absolute Gasteiger partial charge is 0.114 e. The normalized spacial score (nSPS) is 15.3. The van der Waals surface area contributed by atoms with E-state index in [2.05, 4.69) is 42.6 Å². The van der Waals surface area contributed by atoms with Crippen LogP contribution in [0.3, 0.4) is 0 Å². The van der Waals surface area contributed by atoms with Gasteiger partial charge in [0.2, 0.25) is 0 Å². The van der Waals surface area contributed by atoms with Gasteiger partial charge in [0.1, 0.15) is 5.82 Å². The highest BCUT2D eigenvalue weighted by atomic mass is 15.1. The van der Waals surface area contributed by atoms with Crippen LogP contribution >= 0.6 is 0 Å². The van der Waals surface area contributed by atoms with Gasteiger partial charge in [-0.05, 0) is 25.5 Å². The van der Waals surface area contributed by atoms with Crippen molar-refractivity contribution in [2.45, 2.75) is 32.7 Å². The lowest BCUT2D eigenvalue weighted by atomic mass is 10.0. The highest BCUT2D eigenvalue weighted by Crippen LogP contribution is 2.24. The Morgan fingerprint density at radius 2 is 2.00 bits per heavy atom. The molecule has 3 heteroatoms. The molecule has 2 N–H and O–H groups in total. The van der Waals surface area contributed by atoms with E-state index in [4.69, 9.17) is 5.73 Å². The van der Waals surface area contributed by atoms with E-state index in [0.29, 0.717) is 0 Å². The predicted molar refractivity (Wildman–Crippen MR) is 67.5 cm³/mol. The summed E-state index contributed by atoms with van der Waals surface area (Å²) in [5, 5.41) is 0. The number of aromatic nitrogens is 2. The summed E-state index contributed by atoms with van der Waals surface area (Å²) in [4.78, 5) is 4.68. The second kappa shape index (κ2) is 3.91. The summed E-state index contributed by atoms with van der Waals surface area (Å²) < 4.78 is 2.17. The van der Waals surface area contributed by atoms with Crippen LogP contribution < -0.4 is 5.73 Å². The first-order valence-electron chi connectivity index (χ1n) is 5.70. The lowest BCUT2D eigenvalue weighted by Gasteiger charge is -2.15. The molecule has 0 aliphatic rings. The van der Waals surface area contributed by atoms with Gasteiger partial charge in [0, 0.05) is 19.0 Å². The van der Waals surface area contributed by atoms with Gasteiger partial charge in [-0.25, -0.2) is 4.98 Å². The molecule has 0 saturated heterocycles. The largest absolute Gasteiger partial charge is 0.331 e. The minimum Gasteiger partial charge on any atom is -0.331 e. The Morgan fingerprint density at radius 1 is 1.31 bits per heavy atom. The summed E-state index contributed by atoms with van der Waals surface area (Å²) in [5.41, 5.74) is 9.48. The molecule has 0 amide bonds. The van der Waals surface area contributed by atoms with Crippen LogP contribution in [0.4, 0.5) is 0 Å². The van der Waals surface area contributed by atoms with E-state index in [1.165, 1.54) is 11.1 Å². The Bertz CT molecular complexity index is 511. The fourth-order valence-corrected chi connectivity index (χ4v) is 2.13. The number of aryl methyl sites for hydroxylation is 2. The van der Waals surface area contributed by atoms with E-state index in [0.717, 1.165) is 11.3 Å². The summed E-state index contributed by atoms with van der Waals surface area (Å²) in [6.45, 7) is 6.27. The van der Waals surface area contributed by atoms with E-state index >= 15 is 0 Å². The highest BCUT2D eigenvalue weighted by Gasteiger charge is 2.18. The van der Waals surface area contributed by atoms with Crippen LogP contribution in [0.1, 0.15) is 31.2 Å². The van der Waals surface area contributed by atoms with Gasteiger partial charge in [-0.1, -0.05) is 19.1 Å². The van der Waals surface area contributed by atoms with Crippen LogP contribution in [0.2, 0.25) is 0 Å². The van der Waals surface area contributed by atoms with Gasteiger partial charge >= 0.3 is 0 Å². The molecule has 0 fully saturated rings. The fourth-order valence-electron chi connectivity index (χ4n) is 2.13. The Labute approximate surface area is 96.3 Å². The van der Waals surface area contributed by atoms with Gasteiger partial charge in [-0.3, -0.25) is 0 Å². The SMILES string of the molecule is Cc1cccc2nc(C(C)C(C)N)n(C)c12. The van der Waals surface area contributed by atoms with Crippen LogP contribution in [0.15, 0.2) is 18.2 Å².